The minimum atomic E-state index is -0.419. The molecule has 0 atom stereocenters. The predicted octanol–water partition coefficient (Wildman–Crippen LogP) is 1.71. The molecule has 0 saturated carbocycles. The molecule has 4 nitrogen and oxygen atoms in total. The Hall–Kier alpha value is -2.10. The first-order valence-corrected chi connectivity index (χ1v) is 5.37. The summed E-state index contributed by atoms with van der Waals surface area (Å²) in [5.74, 6) is -0.419. The molecule has 88 valence electrons. The van der Waals surface area contributed by atoms with Crippen molar-refractivity contribution in [3.8, 4) is 0 Å². The molecule has 2 rings (SSSR count). The van der Waals surface area contributed by atoms with Crippen molar-refractivity contribution < 1.29 is 4.79 Å². The average Bonchev–Trinajstić information content (AvgIpc) is 2.26. The fourth-order valence-electron chi connectivity index (χ4n) is 1.86. The molecule has 0 saturated heterocycles. The standard InChI is InChI=1S/C13H15N3O/c1-8-6-12(16(2)3)10-7-9(13(14)17)4-5-11(10)15-8/h4-7H,1-3H3,(H2,14,17). The van der Waals surface area contributed by atoms with Crippen LogP contribution >= 0.6 is 0 Å². The fraction of sp³-hybridized carbons (Fsp3) is 0.231. The van der Waals surface area contributed by atoms with Crippen LogP contribution in [0.5, 0.6) is 0 Å². The number of carbonyl (C=O) groups is 1. The van der Waals surface area contributed by atoms with Crippen LogP contribution in [0.1, 0.15) is 16.1 Å². The molecule has 0 bridgehead atoms. The Labute approximate surface area is 100 Å². The van der Waals surface area contributed by atoms with Gasteiger partial charge in [-0.15, -0.1) is 0 Å². The first-order valence-electron chi connectivity index (χ1n) is 5.37. The van der Waals surface area contributed by atoms with Crippen LogP contribution in [0, 0.1) is 6.92 Å². The highest BCUT2D eigenvalue weighted by atomic mass is 16.1. The van der Waals surface area contributed by atoms with Gasteiger partial charge in [-0.05, 0) is 31.2 Å². The zero-order chi connectivity index (χ0) is 12.6. The fourth-order valence-corrected chi connectivity index (χ4v) is 1.86. The van der Waals surface area contributed by atoms with Crippen molar-refractivity contribution in [2.24, 2.45) is 5.73 Å². The van der Waals surface area contributed by atoms with Crippen LogP contribution in [0.15, 0.2) is 24.3 Å². The maximum atomic E-state index is 11.2. The largest absolute Gasteiger partial charge is 0.377 e. The molecule has 0 fully saturated rings. The van der Waals surface area contributed by atoms with Gasteiger partial charge >= 0.3 is 0 Å². The number of nitrogens with zero attached hydrogens (tertiary/aromatic N) is 2. The van der Waals surface area contributed by atoms with Gasteiger partial charge in [0.1, 0.15) is 0 Å². The van der Waals surface area contributed by atoms with E-state index in [-0.39, 0.29) is 0 Å². The number of aromatic nitrogens is 1. The predicted molar refractivity (Wildman–Crippen MR) is 69.3 cm³/mol. The molecule has 0 aliphatic rings. The Kier molecular flexibility index (Phi) is 2.71. The van der Waals surface area contributed by atoms with Crippen LogP contribution in [0.25, 0.3) is 10.9 Å². The second kappa shape index (κ2) is 4.05. The molecule has 1 aromatic carbocycles. The average molecular weight is 229 g/mol. The number of fused-ring (bicyclic) bond motifs is 1. The molecule has 1 amide bonds. The summed E-state index contributed by atoms with van der Waals surface area (Å²) in [7, 11) is 3.93. The SMILES string of the molecule is Cc1cc(N(C)C)c2cc(C(N)=O)ccc2n1. The monoisotopic (exact) mass is 229 g/mol. The molecule has 1 aromatic heterocycles. The van der Waals surface area contributed by atoms with Crippen LogP contribution < -0.4 is 10.6 Å². The third-order valence-corrected chi connectivity index (χ3v) is 2.68. The number of amides is 1. The van der Waals surface area contributed by atoms with Crippen molar-refractivity contribution >= 4 is 22.5 Å². The van der Waals surface area contributed by atoms with Crippen LogP contribution in [-0.2, 0) is 0 Å². The van der Waals surface area contributed by atoms with Crippen LogP contribution in [-0.4, -0.2) is 25.0 Å². The number of primary amides is 1. The summed E-state index contributed by atoms with van der Waals surface area (Å²) in [6.45, 7) is 1.95. The summed E-state index contributed by atoms with van der Waals surface area (Å²) in [6.07, 6.45) is 0. The number of pyridine rings is 1. The van der Waals surface area contributed by atoms with E-state index in [4.69, 9.17) is 5.73 Å². The highest BCUT2D eigenvalue weighted by Crippen LogP contribution is 2.26. The Morgan fingerprint density at radius 2 is 2.00 bits per heavy atom. The van der Waals surface area contributed by atoms with Gasteiger partial charge in [-0.1, -0.05) is 0 Å². The Morgan fingerprint density at radius 1 is 1.29 bits per heavy atom. The second-order valence-corrected chi connectivity index (χ2v) is 4.27. The van der Waals surface area contributed by atoms with Crippen molar-refractivity contribution in [3.05, 3.63) is 35.5 Å². The van der Waals surface area contributed by atoms with Gasteiger partial charge in [0.05, 0.1) is 5.52 Å². The molecule has 2 N–H and O–H groups in total. The molecule has 0 unspecified atom stereocenters. The first kappa shape index (κ1) is 11.4. The topological polar surface area (TPSA) is 59.2 Å². The first-order chi connectivity index (χ1) is 7.99. The van der Waals surface area contributed by atoms with Gasteiger partial charge < -0.3 is 10.6 Å². The van der Waals surface area contributed by atoms with E-state index in [1.165, 1.54) is 0 Å². The lowest BCUT2D eigenvalue weighted by atomic mass is 10.1. The molecule has 1 heterocycles. The molecule has 4 heteroatoms. The number of rotatable bonds is 2. The normalized spacial score (nSPS) is 10.5. The molecule has 0 spiro atoms. The highest BCUT2D eigenvalue weighted by Gasteiger charge is 2.08. The van der Waals surface area contributed by atoms with Crippen molar-refractivity contribution in [2.75, 3.05) is 19.0 Å². The van der Waals surface area contributed by atoms with E-state index in [0.29, 0.717) is 5.56 Å². The molecule has 0 aliphatic carbocycles. The summed E-state index contributed by atoms with van der Waals surface area (Å²) < 4.78 is 0. The smallest absolute Gasteiger partial charge is 0.248 e. The maximum Gasteiger partial charge on any atom is 0.248 e. The van der Waals surface area contributed by atoms with E-state index in [1.807, 2.05) is 38.1 Å². The third-order valence-electron chi connectivity index (χ3n) is 2.68. The Bertz CT molecular complexity index is 590. The molecule has 2 aromatic rings. The molecular formula is C13H15N3O. The number of carbonyl (C=O) groups excluding carboxylic acids is 1. The van der Waals surface area contributed by atoms with E-state index in [0.717, 1.165) is 22.3 Å². The Balaban J connectivity index is 2.78. The Morgan fingerprint density at radius 3 is 2.59 bits per heavy atom. The van der Waals surface area contributed by atoms with Gasteiger partial charge in [-0.3, -0.25) is 9.78 Å². The summed E-state index contributed by atoms with van der Waals surface area (Å²) in [6, 6.07) is 7.32. The lowest BCUT2D eigenvalue weighted by Crippen LogP contribution is -2.12. The van der Waals surface area contributed by atoms with Gasteiger partial charge in [0.2, 0.25) is 5.91 Å². The van der Waals surface area contributed by atoms with E-state index in [2.05, 4.69) is 4.98 Å². The lowest BCUT2D eigenvalue weighted by Gasteiger charge is -2.16. The quantitative estimate of drug-likeness (QED) is 0.852. The molecule has 0 aliphatic heterocycles. The van der Waals surface area contributed by atoms with Crippen molar-refractivity contribution in [1.82, 2.24) is 4.98 Å². The third kappa shape index (κ3) is 2.06. The zero-order valence-electron chi connectivity index (χ0n) is 10.2. The van der Waals surface area contributed by atoms with Crippen molar-refractivity contribution in [2.45, 2.75) is 6.92 Å². The number of hydrogen-bond donors (Lipinski definition) is 1. The second-order valence-electron chi connectivity index (χ2n) is 4.27. The minimum Gasteiger partial charge on any atom is -0.377 e. The van der Waals surface area contributed by atoms with Crippen LogP contribution in [0.2, 0.25) is 0 Å². The summed E-state index contributed by atoms with van der Waals surface area (Å²) in [4.78, 5) is 17.6. The lowest BCUT2D eigenvalue weighted by molar-refractivity contribution is 0.100. The summed E-state index contributed by atoms with van der Waals surface area (Å²) in [5.41, 5.74) is 8.66. The summed E-state index contributed by atoms with van der Waals surface area (Å²) in [5, 5.41) is 0.942. The van der Waals surface area contributed by atoms with E-state index < -0.39 is 5.91 Å². The highest BCUT2D eigenvalue weighted by molar-refractivity contribution is 6.00. The summed E-state index contributed by atoms with van der Waals surface area (Å²) >= 11 is 0. The van der Waals surface area contributed by atoms with E-state index in [9.17, 15) is 4.79 Å². The number of benzene rings is 1. The minimum absolute atomic E-state index is 0.419. The van der Waals surface area contributed by atoms with Crippen LogP contribution in [0.3, 0.4) is 0 Å². The van der Waals surface area contributed by atoms with E-state index in [1.54, 1.807) is 12.1 Å². The number of nitrogens with two attached hydrogens (primary N) is 1. The molecule has 0 radical (unpaired) electrons. The van der Waals surface area contributed by atoms with Gasteiger partial charge in [-0.25, -0.2) is 0 Å². The van der Waals surface area contributed by atoms with Crippen molar-refractivity contribution in [3.63, 3.8) is 0 Å². The van der Waals surface area contributed by atoms with Gasteiger partial charge in [0.15, 0.2) is 0 Å². The van der Waals surface area contributed by atoms with Gasteiger partial charge in [-0.2, -0.15) is 0 Å². The zero-order valence-corrected chi connectivity index (χ0v) is 10.2. The number of hydrogen-bond acceptors (Lipinski definition) is 3. The van der Waals surface area contributed by atoms with Crippen molar-refractivity contribution in [1.29, 1.82) is 0 Å². The maximum absolute atomic E-state index is 11.2. The molecular weight excluding hydrogens is 214 g/mol. The van der Waals surface area contributed by atoms with Gasteiger partial charge in [0.25, 0.3) is 0 Å². The molecule has 17 heavy (non-hydrogen) atoms. The van der Waals surface area contributed by atoms with Gasteiger partial charge in [0, 0.05) is 36.4 Å². The van der Waals surface area contributed by atoms with Crippen LogP contribution in [0.4, 0.5) is 5.69 Å². The number of anilines is 1. The van der Waals surface area contributed by atoms with E-state index >= 15 is 0 Å². The number of aryl methyl sites for hydroxylation is 1.